The van der Waals surface area contributed by atoms with Gasteiger partial charge in [-0.15, -0.1) is 0 Å². The number of nitrogens with one attached hydrogen (secondary N) is 3. The molecule has 78 heavy (non-hydrogen) atoms. The van der Waals surface area contributed by atoms with Crippen LogP contribution in [0, 0.1) is 20.2 Å². The third kappa shape index (κ3) is 27.1. The molecule has 0 unspecified atom stereocenters. The molecule has 24 nitrogen and oxygen atoms in total. The van der Waals surface area contributed by atoms with E-state index in [-0.39, 0.29) is 61.1 Å². The zero-order chi connectivity index (χ0) is 56.8. The number of hydrogen-bond acceptors (Lipinski definition) is 19. The quantitative estimate of drug-likeness (QED) is 0.0334. The van der Waals surface area contributed by atoms with Crippen LogP contribution >= 0.6 is 80.7 Å². The van der Waals surface area contributed by atoms with E-state index in [2.05, 4.69) is 35.4 Å². The number of amides is 5. The fraction of sp³-hybridized carbons (Fsp3) is 0.489. The molecule has 4 N–H and O–H groups in total. The minimum Gasteiger partial charge on any atom is -0.507 e. The van der Waals surface area contributed by atoms with E-state index in [0.29, 0.717) is 13.1 Å². The van der Waals surface area contributed by atoms with Gasteiger partial charge in [0.1, 0.15) is 23.9 Å². The third-order valence-corrected chi connectivity index (χ3v) is 13.1. The van der Waals surface area contributed by atoms with Crippen LogP contribution in [0.15, 0.2) is 60.9 Å². The molecule has 31 heteroatoms. The van der Waals surface area contributed by atoms with E-state index in [9.17, 15) is 54.1 Å². The van der Waals surface area contributed by atoms with Crippen molar-refractivity contribution in [2.45, 2.75) is 88.5 Å². The second-order valence-corrected chi connectivity index (χ2v) is 21.1. The molecule has 0 radical (unpaired) electrons. The Morgan fingerprint density at radius 1 is 0.641 bits per heavy atom. The Hall–Kier alpha value is -5.87. The monoisotopic (exact) mass is 1230 g/mol. The number of rotatable bonds is 7. The first-order valence-corrected chi connectivity index (χ1v) is 27.3. The number of aromatic hydroxyl groups is 1. The summed E-state index contributed by atoms with van der Waals surface area (Å²) in [6, 6.07) is 12.3. The number of carbonyl (C=O) groups is 6. The number of carbonyl (C=O) groups excluding carboxylic acids is 6. The number of piperidine rings is 4. The van der Waals surface area contributed by atoms with Crippen molar-refractivity contribution in [3.63, 3.8) is 0 Å². The Kier molecular flexibility index (Phi) is 32.4. The molecule has 6 heterocycles. The maximum Gasteiger partial charge on any atom is 0.511 e. The molecule has 4 fully saturated rings. The number of ether oxygens (including phenoxy) is 3. The maximum absolute atomic E-state index is 12.5. The molecule has 0 aliphatic carbocycles. The van der Waals surface area contributed by atoms with E-state index in [1.54, 1.807) is 39.0 Å². The van der Waals surface area contributed by atoms with Crippen LogP contribution in [0.1, 0.15) is 105 Å². The number of thiazole rings is 2. The topological polar surface area (TPSA) is 308 Å². The molecule has 4 saturated heterocycles. The number of phenolic OH excluding ortho intramolecular Hbond substituents is 1. The van der Waals surface area contributed by atoms with Gasteiger partial charge in [-0.05, 0) is 189 Å². The fourth-order valence-corrected chi connectivity index (χ4v) is 8.65. The zero-order valence-corrected chi connectivity index (χ0v) is 46.9. The van der Waals surface area contributed by atoms with E-state index >= 15 is 0 Å². The second-order valence-electron chi connectivity index (χ2n) is 16.3. The highest BCUT2D eigenvalue weighted by Gasteiger charge is 2.26. The van der Waals surface area contributed by atoms with Gasteiger partial charge in [0.15, 0.2) is 10.3 Å². The van der Waals surface area contributed by atoms with Crippen molar-refractivity contribution < 1.29 is 57.9 Å². The van der Waals surface area contributed by atoms with Gasteiger partial charge in [0.05, 0.1) is 28.1 Å². The second kappa shape index (κ2) is 37.1. The minimum absolute atomic E-state index is 0. The van der Waals surface area contributed by atoms with Gasteiger partial charge >= 0.3 is 37.0 Å². The number of likely N-dealkylation sites (tertiary alicyclic amines) is 3. The van der Waals surface area contributed by atoms with Crippen molar-refractivity contribution in [1.82, 2.24) is 30.0 Å². The van der Waals surface area contributed by atoms with Crippen LogP contribution in [-0.2, 0) is 9.47 Å². The van der Waals surface area contributed by atoms with E-state index in [1.165, 1.54) is 69.5 Å². The van der Waals surface area contributed by atoms with Crippen LogP contribution in [0.25, 0.3) is 0 Å². The number of halogens is 5. The summed E-state index contributed by atoms with van der Waals surface area (Å²) in [5.41, 5.74) is 0.228. The van der Waals surface area contributed by atoms with Crippen LogP contribution in [0.2, 0.25) is 0 Å². The Morgan fingerprint density at radius 2 is 1.04 bits per heavy atom. The number of aromatic nitrogens is 2. The summed E-state index contributed by atoms with van der Waals surface area (Å²) in [6.07, 6.45) is 14.7. The van der Waals surface area contributed by atoms with E-state index < -0.39 is 37.9 Å². The van der Waals surface area contributed by atoms with E-state index in [0.717, 1.165) is 113 Å². The molecule has 4 aromatic rings. The SMILES string of the molecule is C.C1CCNCC1.COC(=O)OC(Cl)(Cl)Cl.O=C(Cl)N1CCCCC1.O=C(Cl)N1CCCCC1.O=C(Nc1ncc([N+](=O)[O-])s1)c1ccccc1O.O=C(Nc1ncc([N+](=O)[O-])s1)c1ccccc1OC(=O)N1CCCCC1. The van der Waals surface area contributed by atoms with Gasteiger partial charge in [0, 0.05) is 39.3 Å². The van der Waals surface area contributed by atoms with Crippen LogP contribution in [0.4, 0.5) is 39.4 Å². The minimum atomic E-state index is -2.03. The molecule has 5 amide bonds. The maximum atomic E-state index is 12.5. The molecule has 0 atom stereocenters. The van der Waals surface area contributed by atoms with E-state index in [1.807, 2.05) is 0 Å². The first-order chi connectivity index (χ1) is 36.7. The summed E-state index contributed by atoms with van der Waals surface area (Å²) < 4.78 is 11.4. The van der Waals surface area contributed by atoms with Gasteiger partial charge in [-0.3, -0.25) is 50.0 Å². The van der Waals surface area contributed by atoms with Crippen molar-refractivity contribution in [2.24, 2.45) is 0 Å². The number of alkyl halides is 3. The smallest absolute Gasteiger partial charge is 0.507 e. The third-order valence-electron chi connectivity index (χ3n) is 10.7. The first kappa shape index (κ1) is 68.2. The number of phenols is 1. The number of nitro groups is 2. The summed E-state index contributed by atoms with van der Waals surface area (Å²) in [7, 11) is 1.11. The Balaban J connectivity index is 0.000000346. The number of anilines is 2. The number of hydrogen-bond donors (Lipinski definition) is 4. The Labute approximate surface area is 483 Å². The number of benzene rings is 2. The lowest BCUT2D eigenvalue weighted by Crippen LogP contribution is -2.37. The average Bonchev–Trinajstić information content (AvgIpc) is 4.11. The standard InChI is InChI=1S/C16H16N4O5S.C10H7N3O4S.2C6H10ClNO.C5H11N.C3H3Cl3O3.CH4/c21-14(18-15-17-10-13(26-15)20(23)24)11-6-2-3-7-12(11)25-16(22)19-8-4-1-5-9-19;14-7-4-2-1-3-6(7)9(15)12-10-11-5-8(18-10)13(16)17;2*7-6(9)8-4-2-1-3-5-8;1-2-4-6-5-3-1;1-8-2(7)9-3(4,5)6;/h2-3,6-7,10H,1,4-5,8-9H2,(H,17,18,21);1-5,14H,(H,11,12,15);2*1-5H2;6H,1-5H2;1H3;1H4. The average molecular weight is 1230 g/mol. The zero-order valence-electron chi connectivity index (χ0n) is 41.5. The van der Waals surface area contributed by atoms with E-state index in [4.69, 9.17) is 62.7 Å². The Bertz CT molecular complexity index is 2500. The summed E-state index contributed by atoms with van der Waals surface area (Å²) in [6.45, 7) is 7.17. The molecule has 0 saturated carbocycles. The predicted molar refractivity (Wildman–Crippen MR) is 300 cm³/mol. The van der Waals surface area contributed by atoms with Crippen LogP contribution in [0.3, 0.4) is 0 Å². The highest BCUT2D eigenvalue weighted by atomic mass is 35.6. The van der Waals surface area contributed by atoms with Gasteiger partial charge in [-0.25, -0.2) is 19.6 Å². The van der Waals surface area contributed by atoms with Gasteiger partial charge < -0.3 is 39.3 Å². The Morgan fingerprint density at radius 3 is 1.37 bits per heavy atom. The lowest BCUT2D eigenvalue weighted by molar-refractivity contribution is -0.380. The molecule has 4 aliphatic heterocycles. The van der Waals surface area contributed by atoms with Gasteiger partial charge in [-0.1, -0.05) is 38.1 Å². The highest BCUT2D eigenvalue weighted by molar-refractivity contribution is 7.19. The molecule has 8 rings (SSSR count). The molecule has 430 valence electrons. The highest BCUT2D eigenvalue weighted by Crippen LogP contribution is 2.29. The summed E-state index contributed by atoms with van der Waals surface area (Å²) in [5.74, 6) is -1.17. The fourth-order valence-electron chi connectivity index (χ4n) is 6.87. The van der Waals surface area contributed by atoms with Gasteiger partial charge in [0.2, 0.25) is 0 Å². The number of nitrogens with zero attached hydrogens (tertiary/aromatic N) is 7. The molecule has 2 aromatic carbocycles. The molecule has 0 bridgehead atoms. The molecule has 2 aromatic heterocycles. The van der Waals surface area contributed by atoms with Crippen molar-refractivity contribution in [1.29, 1.82) is 0 Å². The molecule has 4 aliphatic rings. The van der Waals surface area contributed by atoms with Gasteiger partial charge in [0.25, 0.3) is 11.8 Å². The van der Waals surface area contributed by atoms with Crippen molar-refractivity contribution >= 4 is 136 Å². The van der Waals surface area contributed by atoms with Crippen molar-refractivity contribution in [3.8, 4) is 11.5 Å². The normalized spacial score (nSPS) is 14.6. The molecule has 0 spiro atoms. The lowest BCUT2D eigenvalue weighted by Gasteiger charge is -2.26. The first-order valence-electron chi connectivity index (χ1n) is 23.8. The summed E-state index contributed by atoms with van der Waals surface area (Å²) in [5, 5.41) is 38.0. The number of para-hydroxylation sites is 2. The van der Waals surface area contributed by atoms with Crippen molar-refractivity contribution in [3.05, 3.63) is 92.3 Å². The van der Waals surface area contributed by atoms with Crippen LogP contribution in [0.5, 0.6) is 11.5 Å². The summed E-state index contributed by atoms with van der Waals surface area (Å²) >= 11 is 27.0. The molecular weight excluding hydrogens is 1170 g/mol. The summed E-state index contributed by atoms with van der Waals surface area (Å²) in [4.78, 5) is 100. The molecular formula is C47H61Cl5N10O14S2. The number of methoxy groups -OCH3 is 1. The van der Waals surface area contributed by atoms with Crippen LogP contribution < -0.4 is 20.7 Å². The van der Waals surface area contributed by atoms with Crippen LogP contribution in [-0.4, -0.2) is 138 Å². The van der Waals surface area contributed by atoms with Gasteiger partial charge in [-0.2, -0.15) is 0 Å². The largest absolute Gasteiger partial charge is 0.511 e. The van der Waals surface area contributed by atoms with Crippen molar-refractivity contribution in [2.75, 3.05) is 70.1 Å². The predicted octanol–water partition coefficient (Wildman–Crippen LogP) is 12.5. The lowest BCUT2D eigenvalue weighted by atomic mass is 10.1.